The number of rotatable bonds is 10. The molecule has 0 radical (unpaired) electrons. The van der Waals surface area contributed by atoms with Crippen molar-refractivity contribution < 1.29 is 24.5 Å². The van der Waals surface area contributed by atoms with Crippen molar-refractivity contribution in [2.75, 3.05) is 26.8 Å². The van der Waals surface area contributed by atoms with E-state index in [0.717, 1.165) is 35.1 Å². The van der Waals surface area contributed by atoms with Crippen LogP contribution >= 0.6 is 0 Å². The third-order valence-electron chi connectivity index (χ3n) is 11.1. The molecule has 0 heterocycles. The predicted octanol–water partition coefficient (Wildman–Crippen LogP) is 8.08. The van der Waals surface area contributed by atoms with Crippen LogP contribution in [0.4, 0.5) is 4.79 Å². The number of methoxy groups -OCH3 is 1. The normalized spacial score (nSPS) is 24.0. The summed E-state index contributed by atoms with van der Waals surface area (Å²) in [7, 11) is 1.65. The Labute approximate surface area is 298 Å². The first-order valence-electron chi connectivity index (χ1n) is 18.4. The molecule has 3 aliphatic rings. The van der Waals surface area contributed by atoms with Crippen LogP contribution in [0.2, 0.25) is 0 Å². The summed E-state index contributed by atoms with van der Waals surface area (Å²) in [5, 5.41) is 26.8. The molecule has 268 valence electrons. The van der Waals surface area contributed by atoms with Crippen LogP contribution in [0.15, 0.2) is 84.4 Å². The number of aliphatic hydroxyl groups excluding tert-OH is 1. The number of benzene rings is 3. The van der Waals surface area contributed by atoms with Gasteiger partial charge in [-0.1, -0.05) is 85.3 Å². The maximum atomic E-state index is 14.5. The Morgan fingerprint density at radius 2 is 1.72 bits per heavy atom. The molecule has 3 N–H and O–H groups in total. The van der Waals surface area contributed by atoms with Crippen molar-refractivity contribution in [3.05, 3.63) is 107 Å². The van der Waals surface area contributed by atoms with Crippen LogP contribution < -0.4 is 5.32 Å². The second-order valence-corrected chi connectivity index (χ2v) is 15.1. The van der Waals surface area contributed by atoms with Crippen LogP contribution in [0.3, 0.4) is 0 Å². The number of allylic oxidation sites excluding steroid dienone is 2. The minimum atomic E-state index is -1.19. The number of aliphatic hydroxyl groups is 2. The maximum absolute atomic E-state index is 14.5. The SMILES string of the molecule is COCCCN(CC1(O)CCC2c3ccc(cc3C(=O)c3ccc(-c4ccccc4)cc3)CC(O)CCC(C)=CCCC21C)C(=O)NC(C)C. The second-order valence-electron chi connectivity index (χ2n) is 15.1. The highest BCUT2D eigenvalue weighted by molar-refractivity contribution is 6.10. The van der Waals surface area contributed by atoms with Crippen LogP contribution in [0.1, 0.15) is 106 Å². The maximum Gasteiger partial charge on any atom is 0.317 e. The molecule has 50 heavy (non-hydrogen) atoms. The Bertz CT molecular complexity index is 1630. The molecular formula is C43H56N2O5. The topological polar surface area (TPSA) is 99.1 Å². The zero-order valence-electron chi connectivity index (χ0n) is 30.6. The Hall–Kier alpha value is -3.78. The van der Waals surface area contributed by atoms with Gasteiger partial charge in [0, 0.05) is 42.8 Å². The minimum Gasteiger partial charge on any atom is -0.393 e. The molecule has 3 aliphatic carbocycles. The molecule has 0 saturated heterocycles. The number of fused-ring (bicyclic) bond motifs is 8. The van der Waals surface area contributed by atoms with Gasteiger partial charge in [0.05, 0.1) is 18.2 Å². The molecule has 7 nitrogen and oxygen atoms in total. The third-order valence-corrected chi connectivity index (χ3v) is 11.1. The molecule has 4 unspecified atom stereocenters. The van der Waals surface area contributed by atoms with Gasteiger partial charge in [-0.3, -0.25) is 4.79 Å². The summed E-state index contributed by atoms with van der Waals surface area (Å²) in [6.45, 7) is 9.33. The van der Waals surface area contributed by atoms with Crippen LogP contribution in [-0.2, 0) is 11.2 Å². The molecule has 3 aromatic carbocycles. The van der Waals surface area contributed by atoms with Crippen molar-refractivity contribution in [3.63, 3.8) is 0 Å². The number of nitrogens with zero attached hydrogens (tertiary/aromatic N) is 1. The average molecular weight is 681 g/mol. The Balaban J connectivity index is 1.56. The number of ether oxygens (including phenoxy) is 1. The average Bonchev–Trinajstić information content (AvgIpc) is 3.35. The first-order chi connectivity index (χ1) is 23.9. The summed E-state index contributed by atoms with van der Waals surface area (Å²) in [6.07, 6.45) is 6.91. The van der Waals surface area contributed by atoms with E-state index in [4.69, 9.17) is 4.74 Å². The molecule has 1 saturated carbocycles. The first kappa shape index (κ1) is 37.5. The largest absolute Gasteiger partial charge is 0.393 e. The van der Waals surface area contributed by atoms with Gasteiger partial charge in [0.25, 0.3) is 0 Å². The van der Waals surface area contributed by atoms with Gasteiger partial charge in [-0.15, -0.1) is 0 Å². The lowest BCUT2D eigenvalue weighted by Gasteiger charge is -2.46. The number of nitrogens with one attached hydrogen (secondary N) is 1. The molecule has 4 atom stereocenters. The second kappa shape index (κ2) is 16.5. The fraction of sp³-hybridized carbons (Fsp3) is 0.488. The van der Waals surface area contributed by atoms with E-state index in [1.807, 2.05) is 68.4 Å². The number of ketones is 1. The monoisotopic (exact) mass is 680 g/mol. The van der Waals surface area contributed by atoms with Crippen LogP contribution in [-0.4, -0.2) is 71.5 Å². The van der Waals surface area contributed by atoms with Gasteiger partial charge in [0.2, 0.25) is 0 Å². The molecule has 6 rings (SSSR count). The van der Waals surface area contributed by atoms with E-state index in [1.54, 1.807) is 12.0 Å². The molecule has 2 amide bonds. The summed E-state index contributed by atoms with van der Waals surface area (Å²) in [4.78, 5) is 29.8. The van der Waals surface area contributed by atoms with E-state index in [0.29, 0.717) is 62.8 Å². The number of carbonyl (C=O) groups is 2. The quantitative estimate of drug-likeness (QED) is 0.114. The molecule has 2 bridgehead atoms. The van der Waals surface area contributed by atoms with Crippen molar-refractivity contribution in [3.8, 4) is 11.1 Å². The van der Waals surface area contributed by atoms with E-state index in [2.05, 4.69) is 43.4 Å². The molecule has 3 aromatic rings. The third kappa shape index (κ3) is 8.56. The van der Waals surface area contributed by atoms with Gasteiger partial charge < -0.3 is 25.2 Å². The fourth-order valence-corrected chi connectivity index (χ4v) is 8.10. The lowest BCUT2D eigenvalue weighted by Crippen LogP contribution is -2.56. The van der Waals surface area contributed by atoms with Gasteiger partial charge in [-0.2, -0.15) is 0 Å². The Morgan fingerprint density at radius 1 is 1.00 bits per heavy atom. The van der Waals surface area contributed by atoms with Gasteiger partial charge in [0.15, 0.2) is 5.78 Å². The van der Waals surface area contributed by atoms with E-state index >= 15 is 0 Å². The summed E-state index contributed by atoms with van der Waals surface area (Å²) >= 11 is 0. The summed E-state index contributed by atoms with van der Waals surface area (Å²) in [6, 6.07) is 23.8. The number of urea groups is 1. The van der Waals surface area contributed by atoms with Gasteiger partial charge in [-0.25, -0.2) is 4.79 Å². The lowest BCUT2D eigenvalue weighted by atomic mass is 9.64. The molecule has 0 spiro atoms. The summed E-state index contributed by atoms with van der Waals surface area (Å²) in [5.74, 6) is -0.186. The number of carbonyl (C=O) groups excluding carboxylic acids is 2. The van der Waals surface area contributed by atoms with Crippen molar-refractivity contribution in [1.82, 2.24) is 10.2 Å². The van der Waals surface area contributed by atoms with Crippen LogP contribution in [0, 0.1) is 5.41 Å². The van der Waals surface area contributed by atoms with E-state index < -0.39 is 17.1 Å². The van der Waals surface area contributed by atoms with Crippen LogP contribution in [0.25, 0.3) is 11.1 Å². The zero-order valence-corrected chi connectivity index (χ0v) is 30.6. The van der Waals surface area contributed by atoms with Gasteiger partial charge >= 0.3 is 6.03 Å². The summed E-state index contributed by atoms with van der Waals surface area (Å²) < 4.78 is 5.31. The molecular weight excluding hydrogens is 624 g/mol. The van der Waals surface area contributed by atoms with Crippen molar-refractivity contribution in [2.45, 2.75) is 103 Å². The van der Waals surface area contributed by atoms with Gasteiger partial charge in [0.1, 0.15) is 0 Å². The Kier molecular flexibility index (Phi) is 12.4. The lowest BCUT2D eigenvalue weighted by molar-refractivity contribution is -0.0775. The zero-order chi connectivity index (χ0) is 35.9. The Morgan fingerprint density at radius 3 is 2.42 bits per heavy atom. The van der Waals surface area contributed by atoms with E-state index in [1.165, 1.54) is 5.57 Å². The number of hydrogen-bond acceptors (Lipinski definition) is 5. The molecule has 0 aliphatic heterocycles. The van der Waals surface area contributed by atoms with Gasteiger partial charge in [-0.05, 0) is 106 Å². The summed E-state index contributed by atoms with van der Waals surface area (Å²) in [5.41, 5.74) is 4.61. The number of hydrogen-bond donors (Lipinski definition) is 3. The highest BCUT2D eigenvalue weighted by Gasteiger charge is 2.57. The van der Waals surface area contributed by atoms with Crippen molar-refractivity contribution in [1.29, 1.82) is 0 Å². The first-order valence-corrected chi connectivity index (χ1v) is 18.4. The molecule has 0 aromatic heterocycles. The molecule has 1 fully saturated rings. The van der Waals surface area contributed by atoms with E-state index in [9.17, 15) is 19.8 Å². The highest BCUT2D eigenvalue weighted by atomic mass is 16.5. The smallest absolute Gasteiger partial charge is 0.317 e. The predicted molar refractivity (Wildman–Crippen MR) is 200 cm³/mol. The molecule has 7 heteroatoms. The minimum absolute atomic E-state index is 0.0381. The van der Waals surface area contributed by atoms with E-state index in [-0.39, 0.29) is 30.3 Å². The number of amides is 2. The highest BCUT2D eigenvalue weighted by Crippen LogP contribution is 2.59. The fourth-order valence-electron chi connectivity index (χ4n) is 8.10. The van der Waals surface area contributed by atoms with Crippen LogP contribution in [0.5, 0.6) is 0 Å². The van der Waals surface area contributed by atoms with Crippen molar-refractivity contribution >= 4 is 11.8 Å². The standard InChI is InChI=1S/C43H56N2O5/c1-30(2)44-41(48)45(25-10-26-50-5)29-43(49)24-22-39-37-21-15-32(27-36(46)20-14-31(3)11-9-23-42(39,43)4)28-38(37)40(47)35-18-16-34(17-19-35)33-12-7-6-8-13-33/h6-8,11-13,15-19,21,28,30,36,39,46,49H,9-10,14,20,22-27,29H2,1-5H3,(H,44,48). The van der Waals surface area contributed by atoms with Crippen molar-refractivity contribution in [2.24, 2.45) is 5.41 Å².